The Morgan fingerprint density at radius 2 is 2.16 bits per heavy atom. The van der Waals surface area contributed by atoms with Crippen molar-refractivity contribution in [1.82, 2.24) is 4.98 Å². The maximum absolute atomic E-state index is 5.76. The number of anilines is 1. The van der Waals surface area contributed by atoms with Gasteiger partial charge in [-0.15, -0.1) is 0 Å². The topological polar surface area (TPSA) is 34.2 Å². The molecule has 0 aliphatic heterocycles. The Morgan fingerprint density at radius 3 is 2.84 bits per heavy atom. The first-order valence-electron chi connectivity index (χ1n) is 6.54. The first-order valence-corrected chi connectivity index (χ1v) is 7.48. The minimum absolute atomic E-state index is 0.150. The number of pyridine rings is 1. The molecule has 0 aromatic carbocycles. The maximum atomic E-state index is 5.76. The molecule has 0 saturated heterocycles. The van der Waals surface area contributed by atoms with E-state index in [4.69, 9.17) is 4.74 Å². The van der Waals surface area contributed by atoms with E-state index in [2.05, 4.69) is 34.1 Å². The Hall–Kier alpha value is -1.55. The lowest BCUT2D eigenvalue weighted by Gasteiger charge is -2.18. The average Bonchev–Trinajstić information content (AvgIpc) is 2.83. The minimum atomic E-state index is 0.150. The predicted molar refractivity (Wildman–Crippen MR) is 81.1 cm³/mol. The molecule has 0 aliphatic carbocycles. The van der Waals surface area contributed by atoms with E-state index in [1.54, 1.807) is 17.5 Å². The van der Waals surface area contributed by atoms with Gasteiger partial charge in [0.25, 0.3) is 0 Å². The van der Waals surface area contributed by atoms with Gasteiger partial charge in [0.05, 0.1) is 6.10 Å². The van der Waals surface area contributed by atoms with Gasteiger partial charge in [-0.05, 0) is 61.7 Å². The van der Waals surface area contributed by atoms with Gasteiger partial charge in [0.15, 0.2) is 11.6 Å². The van der Waals surface area contributed by atoms with Crippen molar-refractivity contribution in [1.29, 1.82) is 0 Å². The lowest BCUT2D eigenvalue weighted by Crippen LogP contribution is -2.20. The number of rotatable bonds is 6. The molecule has 1 atom stereocenters. The summed E-state index contributed by atoms with van der Waals surface area (Å²) in [6.45, 7) is 6.20. The highest BCUT2D eigenvalue weighted by Gasteiger charge is 2.10. The molecule has 3 nitrogen and oxygen atoms in total. The van der Waals surface area contributed by atoms with Gasteiger partial charge < -0.3 is 10.1 Å². The molecule has 0 fully saturated rings. The van der Waals surface area contributed by atoms with Crippen LogP contribution in [0, 0.1) is 0 Å². The van der Waals surface area contributed by atoms with Gasteiger partial charge >= 0.3 is 0 Å². The fourth-order valence-corrected chi connectivity index (χ4v) is 2.58. The van der Waals surface area contributed by atoms with Crippen molar-refractivity contribution in [3.05, 3.63) is 40.7 Å². The highest BCUT2D eigenvalue weighted by molar-refractivity contribution is 7.07. The number of thiophene rings is 1. The SMILES string of the molecule is CC(Cc1ccsc1)Nc1ncccc1OC(C)C. The van der Waals surface area contributed by atoms with E-state index < -0.39 is 0 Å². The molecular weight excluding hydrogens is 256 g/mol. The lowest BCUT2D eigenvalue weighted by atomic mass is 10.1. The van der Waals surface area contributed by atoms with Crippen LogP contribution >= 0.6 is 11.3 Å². The van der Waals surface area contributed by atoms with Crippen LogP contribution < -0.4 is 10.1 Å². The fourth-order valence-electron chi connectivity index (χ4n) is 1.89. The zero-order valence-corrected chi connectivity index (χ0v) is 12.4. The molecule has 1 unspecified atom stereocenters. The van der Waals surface area contributed by atoms with Crippen molar-refractivity contribution in [3.63, 3.8) is 0 Å². The monoisotopic (exact) mass is 276 g/mol. The second-order valence-corrected chi connectivity index (χ2v) is 5.68. The molecule has 0 amide bonds. The number of nitrogens with one attached hydrogen (secondary N) is 1. The highest BCUT2D eigenvalue weighted by Crippen LogP contribution is 2.23. The third-order valence-corrected chi connectivity index (χ3v) is 3.37. The molecule has 0 aliphatic rings. The number of aromatic nitrogens is 1. The van der Waals surface area contributed by atoms with Gasteiger partial charge in [-0.2, -0.15) is 11.3 Å². The van der Waals surface area contributed by atoms with E-state index in [1.807, 2.05) is 26.0 Å². The minimum Gasteiger partial charge on any atom is -0.487 e. The number of ether oxygens (including phenoxy) is 1. The van der Waals surface area contributed by atoms with E-state index in [1.165, 1.54) is 5.56 Å². The quantitative estimate of drug-likeness (QED) is 0.866. The summed E-state index contributed by atoms with van der Waals surface area (Å²) in [5.74, 6) is 1.63. The summed E-state index contributed by atoms with van der Waals surface area (Å²) < 4.78 is 5.76. The van der Waals surface area contributed by atoms with Crippen LogP contribution in [0.5, 0.6) is 5.75 Å². The van der Waals surface area contributed by atoms with Gasteiger partial charge in [-0.1, -0.05) is 0 Å². The second kappa shape index (κ2) is 6.57. The van der Waals surface area contributed by atoms with Crippen molar-refractivity contribution in [3.8, 4) is 5.75 Å². The molecule has 0 spiro atoms. The Labute approximate surface area is 118 Å². The summed E-state index contributed by atoms with van der Waals surface area (Å²) in [7, 11) is 0. The Balaban J connectivity index is 2.01. The molecule has 19 heavy (non-hydrogen) atoms. The molecular formula is C15H20N2OS. The number of nitrogens with zero attached hydrogens (tertiary/aromatic N) is 1. The number of hydrogen-bond donors (Lipinski definition) is 1. The standard InChI is InChI=1S/C15H20N2OS/c1-11(2)18-14-5-4-7-16-15(14)17-12(3)9-13-6-8-19-10-13/h4-8,10-12H,9H2,1-3H3,(H,16,17). The molecule has 102 valence electrons. The molecule has 2 aromatic heterocycles. The smallest absolute Gasteiger partial charge is 0.168 e. The van der Waals surface area contributed by atoms with E-state index in [0.717, 1.165) is 18.0 Å². The molecule has 0 radical (unpaired) electrons. The lowest BCUT2D eigenvalue weighted by molar-refractivity contribution is 0.242. The zero-order valence-electron chi connectivity index (χ0n) is 11.6. The van der Waals surface area contributed by atoms with Crippen molar-refractivity contribution < 1.29 is 4.74 Å². The third kappa shape index (κ3) is 4.24. The molecule has 0 saturated carbocycles. The third-order valence-electron chi connectivity index (χ3n) is 2.64. The van der Waals surface area contributed by atoms with E-state index >= 15 is 0 Å². The van der Waals surface area contributed by atoms with E-state index in [-0.39, 0.29) is 6.10 Å². The van der Waals surface area contributed by atoms with Crippen molar-refractivity contribution in [2.24, 2.45) is 0 Å². The summed E-state index contributed by atoms with van der Waals surface area (Å²) in [5.41, 5.74) is 1.35. The maximum Gasteiger partial charge on any atom is 0.168 e. The summed E-state index contributed by atoms with van der Waals surface area (Å²) in [4.78, 5) is 4.37. The summed E-state index contributed by atoms with van der Waals surface area (Å²) in [5, 5.41) is 7.71. The zero-order chi connectivity index (χ0) is 13.7. The van der Waals surface area contributed by atoms with Crippen LogP contribution in [-0.4, -0.2) is 17.1 Å². The molecule has 4 heteroatoms. The summed E-state index contributed by atoms with van der Waals surface area (Å²) in [6, 6.07) is 6.32. The van der Waals surface area contributed by atoms with Gasteiger partial charge in [0, 0.05) is 12.2 Å². The fraction of sp³-hybridized carbons (Fsp3) is 0.400. The van der Waals surface area contributed by atoms with Crippen molar-refractivity contribution in [2.75, 3.05) is 5.32 Å². The predicted octanol–water partition coefficient (Wildman–Crippen LogP) is 3.97. The largest absolute Gasteiger partial charge is 0.487 e. The van der Waals surface area contributed by atoms with Crippen LogP contribution in [0.15, 0.2) is 35.2 Å². The van der Waals surface area contributed by atoms with Crippen molar-refractivity contribution >= 4 is 17.2 Å². The van der Waals surface area contributed by atoms with Gasteiger partial charge in [0.2, 0.25) is 0 Å². The van der Waals surface area contributed by atoms with Gasteiger partial charge in [-0.3, -0.25) is 0 Å². The van der Waals surface area contributed by atoms with Crippen LogP contribution in [0.2, 0.25) is 0 Å². The van der Waals surface area contributed by atoms with Crippen LogP contribution in [0.4, 0.5) is 5.82 Å². The number of hydrogen-bond acceptors (Lipinski definition) is 4. The Bertz CT molecular complexity index is 497. The van der Waals surface area contributed by atoms with Crippen LogP contribution in [0.1, 0.15) is 26.3 Å². The van der Waals surface area contributed by atoms with Crippen LogP contribution in [0.25, 0.3) is 0 Å². The van der Waals surface area contributed by atoms with Gasteiger partial charge in [-0.25, -0.2) is 4.98 Å². The molecule has 2 rings (SSSR count). The first-order chi connectivity index (χ1) is 9.15. The molecule has 2 aromatic rings. The second-order valence-electron chi connectivity index (χ2n) is 4.90. The van der Waals surface area contributed by atoms with E-state index in [9.17, 15) is 0 Å². The van der Waals surface area contributed by atoms with Crippen molar-refractivity contribution in [2.45, 2.75) is 39.3 Å². The highest BCUT2D eigenvalue weighted by atomic mass is 32.1. The molecule has 2 heterocycles. The normalized spacial score (nSPS) is 12.4. The molecule has 0 bridgehead atoms. The Morgan fingerprint density at radius 1 is 1.32 bits per heavy atom. The molecule has 1 N–H and O–H groups in total. The summed E-state index contributed by atoms with van der Waals surface area (Å²) >= 11 is 1.73. The Kier molecular flexibility index (Phi) is 4.80. The first kappa shape index (κ1) is 13.9. The van der Waals surface area contributed by atoms with E-state index in [0.29, 0.717) is 6.04 Å². The average molecular weight is 276 g/mol. The van der Waals surface area contributed by atoms with Crippen LogP contribution in [-0.2, 0) is 6.42 Å². The van der Waals surface area contributed by atoms with Crippen LogP contribution in [0.3, 0.4) is 0 Å². The van der Waals surface area contributed by atoms with Gasteiger partial charge in [0.1, 0.15) is 0 Å². The summed E-state index contributed by atoms with van der Waals surface area (Å²) in [6.07, 6.45) is 2.92.